The molecule has 0 saturated heterocycles. The molecule has 1 amide bonds. The molecule has 2 rings (SSSR count). The molecule has 128 valence electrons. The first-order chi connectivity index (χ1) is 11.7. The molecular formula is C20H24FNO2. The van der Waals surface area contributed by atoms with E-state index in [1.807, 2.05) is 30.3 Å². The molecule has 0 aromatic heterocycles. The molecule has 0 aliphatic heterocycles. The second-order valence-corrected chi connectivity index (χ2v) is 5.70. The van der Waals surface area contributed by atoms with Crippen LogP contribution in [0.1, 0.15) is 31.2 Å². The summed E-state index contributed by atoms with van der Waals surface area (Å²) in [7, 11) is 0. The van der Waals surface area contributed by atoms with Gasteiger partial charge in [-0.05, 0) is 55.5 Å². The van der Waals surface area contributed by atoms with Crippen molar-refractivity contribution in [2.24, 2.45) is 0 Å². The molecule has 3 nitrogen and oxygen atoms in total. The molecule has 0 aliphatic carbocycles. The van der Waals surface area contributed by atoms with Crippen LogP contribution in [-0.4, -0.2) is 19.1 Å². The van der Waals surface area contributed by atoms with E-state index in [4.69, 9.17) is 4.74 Å². The fourth-order valence-electron chi connectivity index (χ4n) is 2.36. The summed E-state index contributed by atoms with van der Waals surface area (Å²) in [4.78, 5) is 11.7. The summed E-state index contributed by atoms with van der Waals surface area (Å²) in [6.07, 6.45) is 3.98. The first kappa shape index (κ1) is 18.0. The smallest absolute Gasteiger partial charge is 0.220 e. The molecule has 0 heterocycles. The Hall–Kier alpha value is -2.36. The number of para-hydroxylation sites is 1. The SMILES string of the molecule is O=C(CCCOc1ccccc1)NCCCCc1ccc(F)cc1. The third-order valence-electron chi connectivity index (χ3n) is 3.69. The highest BCUT2D eigenvalue weighted by Crippen LogP contribution is 2.09. The highest BCUT2D eigenvalue weighted by molar-refractivity contribution is 5.75. The quantitative estimate of drug-likeness (QED) is 0.666. The summed E-state index contributed by atoms with van der Waals surface area (Å²) in [5.74, 6) is 0.689. The lowest BCUT2D eigenvalue weighted by Crippen LogP contribution is -2.24. The van der Waals surface area contributed by atoms with E-state index in [1.54, 1.807) is 12.1 Å². The molecule has 2 aromatic carbocycles. The van der Waals surface area contributed by atoms with Gasteiger partial charge in [-0.3, -0.25) is 4.79 Å². The summed E-state index contributed by atoms with van der Waals surface area (Å²) in [5, 5.41) is 2.92. The van der Waals surface area contributed by atoms with Gasteiger partial charge in [-0.25, -0.2) is 4.39 Å². The second kappa shape index (κ2) is 10.4. The van der Waals surface area contributed by atoms with Gasteiger partial charge >= 0.3 is 0 Å². The van der Waals surface area contributed by atoms with Crippen molar-refractivity contribution >= 4 is 5.91 Å². The fourth-order valence-corrected chi connectivity index (χ4v) is 2.36. The maximum absolute atomic E-state index is 12.8. The predicted molar refractivity (Wildman–Crippen MR) is 93.5 cm³/mol. The third kappa shape index (κ3) is 7.27. The van der Waals surface area contributed by atoms with Crippen LogP contribution in [0.5, 0.6) is 5.75 Å². The van der Waals surface area contributed by atoms with E-state index in [2.05, 4.69) is 5.32 Å². The summed E-state index contributed by atoms with van der Waals surface area (Å²) >= 11 is 0. The van der Waals surface area contributed by atoms with Gasteiger partial charge in [0, 0.05) is 13.0 Å². The number of carbonyl (C=O) groups is 1. The summed E-state index contributed by atoms with van der Waals surface area (Å²) in [6, 6.07) is 16.2. The van der Waals surface area contributed by atoms with Crippen molar-refractivity contribution < 1.29 is 13.9 Å². The molecular weight excluding hydrogens is 305 g/mol. The number of hydrogen-bond donors (Lipinski definition) is 1. The van der Waals surface area contributed by atoms with Gasteiger partial charge in [0.25, 0.3) is 0 Å². The minimum atomic E-state index is -0.206. The number of halogens is 1. The molecule has 1 N–H and O–H groups in total. The van der Waals surface area contributed by atoms with Gasteiger partial charge < -0.3 is 10.1 Å². The predicted octanol–water partition coefficient (Wildman–Crippen LogP) is 4.12. The highest BCUT2D eigenvalue weighted by atomic mass is 19.1. The van der Waals surface area contributed by atoms with E-state index in [0.29, 0.717) is 26.0 Å². The zero-order valence-corrected chi connectivity index (χ0v) is 13.8. The maximum atomic E-state index is 12.8. The Morgan fingerprint density at radius 1 is 0.958 bits per heavy atom. The number of benzene rings is 2. The second-order valence-electron chi connectivity index (χ2n) is 5.70. The third-order valence-corrected chi connectivity index (χ3v) is 3.69. The van der Waals surface area contributed by atoms with Crippen molar-refractivity contribution in [3.8, 4) is 5.75 Å². The fraction of sp³-hybridized carbons (Fsp3) is 0.350. The van der Waals surface area contributed by atoms with Crippen molar-refractivity contribution in [3.63, 3.8) is 0 Å². The molecule has 0 fully saturated rings. The molecule has 0 radical (unpaired) electrons. The molecule has 0 aliphatic rings. The van der Waals surface area contributed by atoms with Crippen molar-refractivity contribution in [1.82, 2.24) is 5.32 Å². The van der Waals surface area contributed by atoms with Gasteiger partial charge in [-0.2, -0.15) is 0 Å². The van der Waals surface area contributed by atoms with Crippen LogP contribution in [0.25, 0.3) is 0 Å². The van der Waals surface area contributed by atoms with Crippen LogP contribution in [0, 0.1) is 5.82 Å². The van der Waals surface area contributed by atoms with Crippen LogP contribution in [0.3, 0.4) is 0 Å². The van der Waals surface area contributed by atoms with Crippen molar-refractivity contribution in [2.45, 2.75) is 32.1 Å². The standard InChI is InChI=1S/C20H24FNO2/c21-18-13-11-17(12-14-18)7-4-5-15-22-20(23)10-6-16-24-19-8-2-1-3-9-19/h1-3,8-9,11-14H,4-7,10,15-16H2,(H,22,23). The van der Waals surface area contributed by atoms with E-state index >= 15 is 0 Å². The van der Waals surface area contributed by atoms with Crippen molar-refractivity contribution in [3.05, 3.63) is 66.0 Å². The molecule has 0 spiro atoms. The van der Waals surface area contributed by atoms with Crippen LogP contribution in [0.2, 0.25) is 0 Å². The van der Waals surface area contributed by atoms with Crippen LogP contribution >= 0.6 is 0 Å². The van der Waals surface area contributed by atoms with E-state index in [0.717, 1.165) is 30.6 Å². The van der Waals surface area contributed by atoms with Crippen LogP contribution in [0.15, 0.2) is 54.6 Å². The van der Waals surface area contributed by atoms with E-state index in [9.17, 15) is 9.18 Å². The zero-order valence-electron chi connectivity index (χ0n) is 13.8. The van der Waals surface area contributed by atoms with Crippen LogP contribution < -0.4 is 10.1 Å². The molecule has 0 saturated carbocycles. The van der Waals surface area contributed by atoms with E-state index in [1.165, 1.54) is 12.1 Å². The number of carbonyl (C=O) groups excluding carboxylic acids is 1. The van der Waals surface area contributed by atoms with Crippen LogP contribution in [-0.2, 0) is 11.2 Å². The molecule has 4 heteroatoms. The van der Waals surface area contributed by atoms with Gasteiger partial charge in [0.15, 0.2) is 0 Å². The average Bonchev–Trinajstić information content (AvgIpc) is 2.61. The Kier molecular flexibility index (Phi) is 7.81. The molecule has 0 bridgehead atoms. The number of ether oxygens (including phenoxy) is 1. The first-order valence-electron chi connectivity index (χ1n) is 8.43. The molecule has 0 unspecified atom stereocenters. The lowest BCUT2D eigenvalue weighted by Gasteiger charge is -2.07. The maximum Gasteiger partial charge on any atom is 0.220 e. The van der Waals surface area contributed by atoms with E-state index < -0.39 is 0 Å². The summed E-state index contributed by atoms with van der Waals surface area (Å²) < 4.78 is 18.3. The van der Waals surface area contributed by atoms with Crippen molar-refractivity contribution in [1.29, 1.82) is 0 Å². The lowest BCUT2D eigenvalue weighted by atomic mass is 10.1. The Labute approximate surface area is 142 Å². The number of nitrogens with one attached hydrogen (secondary N) is 1. The lowest BCUT2D eigenvalue weighted by molar-refractivity contribution is -0.121. The van der Waals surface area contributed by atoms with Crippen LogP contribution in [0.4, 0.5) is 4.39 Å². The molecule has 2 aromatic rings. The van der Waals surface area contributed by atoms with Gasteiger partial charge in [0.1, 0.15) is 11.6 Å². The number of unbranched alkanes of at least 4 members (excludes halogenated alkanes) is 1. The summed E-state index contributed by atoms with van der Waals surface area (Å²) in [5.41, 5.74) is 1.13. The molecule has 24 heavy (non-hydrogen) atoms. The Balaban J connectivity index is 1.47. The molecule has 0 atom stereocenters. The van der Waals surface area contributed by atoms with Gasteiger partial charge in [-0.1, -0.05) is 30.3 Å². The van der Waals surface area contributed by atoms with Gasteiger partial charge in [-0.15, -0.1) is 0 Å². The normalized spacial score (nSPS) is 10.4. The monoisotopic (exact) mass is 329 g/mol. The summed E-state index contributed by atoms with van der Waals surface area (Å²) in [6.45, 7) is 1.22. The highest BCUT2D eigenvalue weighted by Gasteiger charge is 2.01. The minimum Gasteiger partial charge on any atom is -0.494 e. The van der Waals surface area contributed by atoms with E-state index in [-0.39, 0.29) is 11.7 Å². The van der Waals surface area contributed by atoms with Crippen molar-refractivity contribution in [2.75, 3.05) is 13.2 Å². The average molecular weight is 329 g/mol. The first-order valence-corrected chi connectivity index (χ1v) is 8.43. The topological polar surface area (TPSA) is 38.3 Å². The Morgan fingerprint density at radius 2 is 1.71 bits per heavy atom. The number of amides is 1. The number of aryl methyl sites for hydroxylation is 1. The van der Waals surface area contributed by atoms with Gasteiger partial charge in [0.05, 0.1) is 6.61 Å². The number of hydrogen-bond acceptors (Lipinski definition) is 2. The minimum absolute atomic E-state index is 0.0634. The zero-order chi connectivity index (χ0) is 17.0. The Bertz CT molecular complexity index is 599. The number of rotatable bonds is 10. The Morgan fingerprint density at radius 3 is 2.46 bits per heavy atom. The largest absolute Gasteiger partial charge is 0.494 e. The van der Waals surface area contributed by atoms with Gasteiger partial charge in [0.2, 0.25) is 5.91 Å².